The SMILES string of the molecule is CCc1cnc(CCN=C(N)Nc2ccc(C)c(C)c2)s1.I. The smallest absolute Gasteiger partial charge is 0.193 e. The first kappa shape index (κ1) is 18.9. The average molecular weight is 430 g/mol. The summed E-state index contributed by atoms with van der Waals surface area (Å²) in [6, 6.07) is 6.16. The minimum Gasteiger partial charge on any atom is -0.370 e. The van der Waals surface area contributed by atoms with Crippen LogP contribution in [0.1, 0.15) is 27.9 Å². The number of halogens is 1. The lowest BCUT2D eigenvalue weighted by Gasteiger charge is -2.07. The summed E-state index contributed by atoms with van der Waals surface area (Å²) in [4.78, 5) is 10.0. The van der Waals surface area contributed by atoms with Crippen LogP contribution in [0.15, 0.2) is 29.4 Å². The Morgan fingerprint density at radius 3 is 2.73 bits per heavy atom. The van der Waals surface area contributed by atoms with Crippen LogP contribution in [-0.2, 0) is 12.8 Å². The summed E-state index contributed by atoms with van der Waals surface area (Å²) in [5.74, 6) is 0.450. The molecule has 0 fully saturated rings. The third-order valence-corrected chi connectivity index (χ3v) is 4.54. The standard InChI is InChI=1S/C16H22N4S.HI/c1-4-14-10-19-15(21-14)7-8-18-16(17)20-13-6-5-11(2)12(3)9-13;/h5-6,9-10H,4,7-8H2,1-3H3,(H3,17,18,20);1H. The Hall–Kier alpha value is -1.15. The fraction of sp³-hybridized carbons (Fsp3) is 0.375. The molecule has 120 valence electrons. The number of nitrogens with one attached hydrogen (secondary N) is 1. The number of anilines is 1. The Bertz CT molecular complexity index is 637. The molecule has 22 heavy (non-hydrogen) atoms. The number of nitrogens with zero attached hydrogens (tertiary/aromatic N) is 2. The topological polar surface area (TPSA) is 63.3 Å². The van der Waals surface area contributed by atoms with Crippen LogP contribution in [0.25, 0.3) is 0 Å². The summed E-state index contributed by atoms with van der Waals surface area (Å²) in [7, 11) is 0. The highest BCUT2D eigenvalue weighted by Crippen LogP contribution is 2.15. The van der Waals surface area contributed by atoms with Gasteiger partial charge in [0.15, 0.2) is 5.96 Å². The summed E-state index contributed by atoms with van der Waals surface area (Å²) < 4.78 is 0. The van der Waals surface area contributed by atoms with Gasteiger partial charge < -0.3 is 11.1 Å². The molecular formula is C16H23IN4S. The van der Waals surface area contributed by atoms with E-state index < -0.39 is 0 Å². The quantitative estimate of drug-likeness (QED) is 0.430. The van der Waals surface area contributed by atoms with E-state index in [4.69, 9.17) is 5.73 Å². The maximum absolute atomic E-state index is 5.91. The van der Waals surface area contributed by atoms with Crippen molar-refractivity contribution in [1.82, 2.24) is 4.98 Å². The highest BCUT2D eigenvalue weighted by molar-refractivity contribution is 14.0. The molecule has 1 aromatic carbocycles. The van der Waals surface area contributed by atoms with Gasteiger partial charge in [0.25, 0.3) is 0 Å². The van der Waals surface area contributed by atoms with Gasteiger partial charge in [0.2, 0.25) is 0 Å². The average Bonchev–Trinajstić information content (AvgIpc) is 2.91. The molecule has 3 N–H and O–H groups in total. The molecule has 0 aliphatic heterocycles. The summed E-state index contributed by atoms with van der Waals surface area (Å²) >= 11 is 1.75. The lowest BCUT2D eigenvalue weighted by Crippen LogP contribution is -2.23. The van der Waals surface area contributed by atoms with Gasteiger partial charge in [0, 0.05) is 29.7 Å². The summed E-state index contributed by atoms with van der Waals surface area (Å²) in [6.45, 7) is 6.97. The van der Waals surface area contributed by atoms with Gasteiger partial charge in [0.05, 0.1) is 5.01 Å². The maximum Gasteiger partial charge on any atom is 0.193 e. The molecule has 0 spiro atoms. The van der Waals surface area contributed by atoms with Crippen molar-refractivity contribution in [3.63, 3.8) is 0 Å². The van der Waals surface area contributed by atoms with E-state index in [-0.39, 0.29) is 24.0 Å². The van der Waals surface area contributed by atoms with E-state index in [1.54, 1.807) is 11.3 Å². The molecule has 0 saturated carbocycles. The number of aliphatic imine (C=N–C) groups is 1. The second kappa shape index (κ2) is 9.09. The molecule has 0 radical (unpaired) electrons. The number of aryl methyl sites for hydroxylation is 3. The third kappa shape index (κ3) is 5.57. The normalized spacial score (nSPS) is 11.1. The van der Waals surface area contributed by atoms with E-state index in [0.717, 1.165) is 23.5 Å². The van der Waals surface area contributed by atoms with Crippen molar-refractivity contribution in [3.05, 3.63) is 45.4 Å². The lowest BCUT2D eigenvalue weighted by atomic mass is 10.1. The second-order valence-electron chi connectivity index (χ2n) is 5.01. The van der Waals surface area contributed by atoms with Crippen LogP contribution in [-0.4, -0.2) is 17.5 Å². The van der Waals surface area contributed by atoms with Gasteiger partial charge >= 0.3 is 0 Å². The fourth-order valence-corrected chi connectivity index (χ4v) is 2.76. The predicted octanol–water partition coefficient (Wildman–Crippen LogP) is 3.91. The number of guanidine groups is 1. The molecule has 0 saturated heterocycles. The van der Waals surface area contributed by atoms with Crippen LogP contribution < -0.4 is 11.1 Å². The van der Waals surface area contributed by atoms with Gasteiger partial charge in [-0.05, 0) is 43.5 Å². The molecule has 2 aromatic rings. The Kier molecular flexibility index (Phi) is 7.81. The Morgan fingerprint density at radius 2 is 2.09 bits per heavy atom. The first-order valence-corrected chi connectivity index (χ1v) is 7.98. The van der Waals surface area contributed by atoms with Crippen LogP contribution in [0, 0.1) is 13.8 Å². The van der Waals surface area contributed by atoms with E-state index in [1.807, 2.05) is 12.3 Å². The molecule has 0 aliphatic carbocycles. The molecular weight excluding hydrogens is 407 g/mol. The molecule has 1 heterocycles. The number of hydrogen-bond acceptors (Lipinski definition) is 3. The molecule has 1 aromatic heterocycles. The highest BCUT2D eigenvalue weighted by atomic mass is 127. The predicted molar refractivity (Wildman–Crippen MR) is 107 cm³/mol. The van der Waals surface area contributed by atoms with Crippen LogP contribution >= 0.6 is 35.3 Å². The molecule has 0 unspecified atom stereocenters. The fourth-order valence-electron chi connectivity index (χ4n) is 1.91. The molecule has 6 heteroatoms. The summed E-state index contributed by atoms with van der Waals surface area (Å²) in [5, 5.41) is 4.24. The Balaban J connectivity index is 0.00000242. The van der Waals surface area contributed by atoms with Crippen molar-refractivity contribution in [3.8, 4) is 0 Å². The number of nitrogens with two attached hydrogens (primary N) is 1. The molecule has 0 amide bonds. The van der Waals surface area contributed by atoms with Crippen LogP contribution in [0.3, 0.4) is 0 Å². The van der Waals surface area contributed by atoms with Crippen LogP contribution in [0.5, 0.6) is 0 Å². The van der Waals surface area contributed by atoms with E-state index in [2.05, 4.69) is 48.2 Å². The number of thiazole rings is 1. The van der Waals surface area contributed by atoms with E-state index >= 15 is 0 Å². The maximum atomic E-state index is 5.91. The molecule has 0 bridgehead atoms. The number of aromatic nitrogens is 1. The minimum atomic E-state index is 0. The Labute approximate surface area is 153 Å². The van der Waals surface area contributed by atoms with Gasteiger partial charge in [0.1, 0.15) is 0 Å². The summed E-state index contributed by atoms with van der Waals surface area (Å²) in [6.07, 6.45) is 3.82. The van der Waals surface area contributed by atoms with Gasteiger partial charge in [-0.1, -0.05) is 13.0 Å². The molecule has 0 aliphatic rings. The minimum absolute atomic E-state index is 0. The zero-order valence-corrected chi connectivity index (χ0v) is 16.4. The third-order valence-electron chi connectivity index (χ3n) is 3.34. The largest absolute Gasteiger partial charge is 0.370 e. The van der Waals surface area contributed by atoms with Crippen molar-refractivity contribution in [2.45, 2.75) is 33.6 Å². The Morgan fingerprint density at radius 1 is 1.32 bits per heavy atom. The van der Waals surface area contributed by atoms with Gasteiger partial charge in [-0.2, -0.15) is 0 Å². The van der Waals surface area contributed by atoms with Crippen LogP contribution in [0.2, 0.25) is 0 Å². The molecule has 4 nitrogen and oxygen atoms in total. The number of rotatable bonds is 5. The summed E-state index contributed by atoms with van der Waals surface area (Å²) in [5.41, 5.74) is 9.39. The van der Waals surface area contributed by atoms with Gasteiger partial charge in [-0.3, -0.25) is 4.99 Å². The highest BCUT2D eigenvalue weighted by Gasteiger charge is 2.01. The van der Waals surface area contributed by atoms with Crippen molar-refractivity contribution in [1.29, 1.82) is 0 Å². The van der Waals surface area contributed by atoms with Crippen molar-refractivity contribution < 1.29 is 0 Å². The molecule has 0 atom stereocenters. The van der Waals surface area contributed by atoms with Crippen molar-refractivity contribution in [2.75, 3.05) is 11.9 Å². The zero-order chi connectivity index (χ0) is 15.2. The van der Waals surface area contributed by atoms with Gasteiger partial charge in [-0.25, -0.2) is 4.98 Å². The van der Waals surface area contributed by atoms with Crippen molar-refractivity contribution in [2.24, 2.45) is 10.7 Å². The lowest BCUT2D eigenvalue weighted by molar-refractivity contribution is 0.949. The number of hydrogen-bond donors (Lipinski definition) is 2. The second-order valence-corrected chi connectivity index (χ2v) is 6.21. The van der Waals surface area contributed by atoms with E-state index in [9.17, 15) is 0 Å². The zero-order valence-electron chi connectivity index (χ0n) is 13.2. The van der Waals surface area contributed by atoms with Crippen LogP contribution in [0.4, 0.5) is 5.69 Å². The molecule has 2 rings (SSSR count). The van der Waals surface area contributed by atoms with E-state index in [0.29, 0.717) is 12.5 Å². The van der Waals surface area contributed by atoms with Crippen molar-refractivity contribution >= 4 is 47.0 Å². The first-order valence-electron chi connectivity index (χ1n) is 7.16. The monoisotopic (exact) mass is 430 g/mol. The number of benzene rings is 1. The first-order chi connectivity index (χ1) is 10.1. The van der Waals surface area contributed by atoms with E-state index in [1.165, 1.54) is 16.0 Å². The van der Waals surface area contributed by atoms with Gasteiger partial charge in [-0.15, -0.1) is 35.3 Å².